The molecular formula is C26H33ClFN3O3. The first kappa shape index (κ1) is 26.1. The summed E-state index contributed by atoms with van der Waals surface area (Å²) >= 11 is 6.11. The third-order valence-corrected chi connectivity index (χ3v) is 6.40. The summed E-state index contributed by atoms with van der Waals surface area (Å²) in [6.07, 6.45) is 1.26. The number of carbonyl (C=O) groups excluding carboxylic acids is 2. The molecule has 2 heterocycles. The second-order valence-electron chi connectivity index (χ2n) is 10.00. The molecule has 0 N–H and O–H groups in total. The maximum Gasteiger partial charge on any atom is 0.410 e. The third kappa shape index (κ3) is 6.54. The monoisotopic (exact) mass is 489 g/mol. The van der Waals surface area contributed by atoms with Crippen molar-refractivity contribution < 1.29 is 18.7 Å². The smallest absolute Gasteiger partial charge is 0.410 e. The highest BCUT2D eigenvalue weighted by atomic mass is 35.5. The molecule has 184 valence electrons. The average Bonchev–Trinajstić information content (AvgIpc) is 2.72. The molecule has 0 spiro atoms. The van der Waals surface area contributed by atoms with Crippen LogP contribution in [-0.4, -0.2) is 57.9 Å². The number of benzene rings is 1. The molecule has 1 aliphatic heterocycles. The highest BCUT2D eigenvalue weighted by Gasteiger charge is 2.31. The molecule has 2 aromatic rings. The standard InChI is InChI=1S/C26H33ClFN3O3/c1-16-14-30(7-8-31(16)25(33)34-26(4,5)6)15-21-10-22(28)9-19(17(21)2)12-24(32)20-11-23(27)18(3)29-13-20/h9-11,13,16H,7-8,12,14-15H2,1-6H3/t16-/m0/s1. The topological polar surface area (TPSA) is 62.7 Å². The van der Waals surface area contributed by atoms with Crippen molar-refractivity contribution in [3.63, 3.8) is 0 Å². The average molecular weight is 490 g/mol. The van der Waals surface area contributed by atoms with Crippen LogP contribution in [0.2, 0.25) is 5.02 Å². The van der Waals surface area contributed by atoms with E-state index in [0.29, 0.717) is 48.0 Å². The Morgan fingerprint density at radius 1 is 1.18 bits per heavy atom. The van der Waals surface area contributed by atoms with Crippen molar-refractivity contribution in [3.8, 4) is 0 Å². The van der Waals surface area contributed by atoms with Gasteiger partial charge in [0.15, 0.2) is 5.78 Å². The van der Waals surface area contributed by atoms with E-state index in [2.05, 4.69) is 9.88 Å². The van der Waals surface area contributed by atoms with Crippen LogP contribution >= 0.6 is 11.6 Å². The number of carbonyl (C=O) groups is 2. The van der Waals surface area contributed by atoms with Gasteiger partial charge < -0.3 is 9.64 Å². The predicted octanol–water partition coefficient (Wildman–Crippen LogP) is 5.36. The van der Waals surface area contributed by atoms with Gasteiger partial charge in [-0.2, -0.15) is 0 Å². The number of aromatic nitrogens is 1. The Morgan fingerprint density at radius 3 is 2.47 bits per heavy atom. The number of ether oxygens (including phenoxy) is 1. The Labute approximate surface area is 206 Å². The lowest BCUT2D eigenvalue weighted by molar-refractivity contribution is 0.000527. The van der Waals surface area contributed by atoms with E-state index < -0.39 is 5.60 Å². The van der Waals surface area contributed by atoms with E-state index in [9.17, 15) is 14.0 Å². The van der Waals surface area contributed by atoms with Gasteiger partial charge in [-0.25, -0.2) is 9.18 Å². The fourth-order valence-corrected chi connectivity index (χ4v) is 4.25. The second kappa shape index (κ2) is 10.4. The first-order chi connectivity index (χ1) is 15.8. The molecule has 0 unspecified atom stereocenters. The van der Waals surface area contributed by atoms with Crippen LogP contribution in [0, 0.1) is 19.7 Å². The summed E-state index contributed by atoms with van der Waals surface area (Å²) in [6, 6.07) is 4.52. The lowest BCUT2D eigenvalue weighted by Gasteiger charge is -2.40. The summed E-state index contributed by atoms with van der Waals surface area (Å²) < 4.78 is 20.0. The summed E-state index contributed by atoms with van der Waals surface area (Å²) in [7, 11) is 0. The molecule has 8 heteroatoms. The van der Waals surface area contributed by atoms with Crippen molar-refractivity contribution in [2.24, 2.45) is 0 Å². The molecule has 0 aliphatic carbocycles. The van der Waals surface area contributed by atoms with Gasteiger partial charge in [-0.15, -0.1) is 0 Å². The Hall–Kier alpha value is -2.51. The first-order valence-corrected chi connectivity index (χ1v) is 11.9. The van der Waals surface area contributed by atoms with Crippen molar-refractivity contribution in [1.82, 2.24) is 14.8 Å². The van der Waals surface area contributed by atoms with E-state index in [1.165, 1.54) is 18.3 Å². The largest absolute Gasteiger partial charge is 0.444 e. The third-order valence-electron chi connectivity index (χ3n) is 6.02. The van der Waals surface area contributed by atoms with E-state index in [1.54, 1.807) is 17.9 Å². The van der Waals surface area contributed by atoms with Gasteiger partial charge >= 0.3 is 6.09 Å². The molecule has 6 nitrogen and oxygen atoms in total. The zero-order valence-corrected chi connectivity index (χ0v) is 21.5. The molecule has 1 saturated heterocycles. The van der Waals surface area contributed by atoms with Crippen LogP contribution in [0.3, 0.4) is 0 Å². The molecule has 3 rings (SSSR count). The van der Waals surface area contributed by atoms with Gasteiger partial charge in [-0.3, -0.25) is 14.7 Å². The lowest BCUT2D eigenvalue weighted by Crippen LogP contribution is -2.54. The first-order valence-electron chi connectivity index (χ1n) is 11.5. The molecule has 1 amide bonds. The van der Waals surface area contributed by atoms with Crippen LogP contribution in [0.4, 0.5) is 9.18 Å². The minimum absolute atomic E-state index is 0.0303. The van der Waals surface area contributed by atoms with Crippen LogP contribution in [0.15, 0.2) is 24.4 Å². The number of nitrogens with zero attached hydrogens (tertiary/aromatic N) is 3. The second-order valence-corrected chi connectivity index (χ2v) is 10.4. The molecule has 0 saturated carbocycles. The molecule has 1 aromatic heterocycles. The maximum atomic E-state index is 14.5. The summed E-state index contributed by atoms with van der Waals surface area (Å²) in [6.45, 7) is 13.6. The van der Waals surface area contributed by atoms with E-state index in [4.69, 9.17) is 16.3 Å². The van der Waals surface area contributed by atoms with Crippen LogP contribution in [-0.2, 0) is 17.7 Å². The number of hydrogen-bond acceptors (Lipinski definition) is 5. The molecule has 34 heavy (non-hydrogen) atoms. The van der Waals surface area contributed by atoms with Crippen LogP contribution in [0.25, 0.3) is 0 Å². The number of rotatable bonds is 5. The van der Waals surface area contributed by atoms with E-state index in [0.717, 1.165) is 11.1 Å². The quantitative estimate of drug-likeness (QED) is 0.529. The van der Waals surface area contributed by atoms with Crippen LogP contribution < -0.4 is 0 Å². The Balaban J connectivity index is 1.70. The number of amides is 1. The predicted molar refractivity (Wildman–Crippen MR) is 131 cm³/mol. The summed E-state index contributed by atoms with van der Waals surface area (Å²) in [5.74, 6) is -0.530. The number of ketones is 1. The fraction of sp³-hybridized carbons (Fsp3) is 0.500. The molecule has 0 radical (unpaired) electrons. The summed E-state index contributed by atoms with van der Waals surface area (Å²) in [5, 5.41) is 0.433. The highest BCUT2D eigenvalue weighted by molar-refractivity contribution is 6.31. The van der Waals surface area contributed by atoms with Gasteiger partial charge in [-0.05, 0) is 76.4 Å². The Bertz CT molecular complexity index is 1080. The minimum atomic E-state index is -0.541. The van der Waals surface area contributed by atoms with E-state index >= 15 is 0 Å². The number of pyridine rings is 1. The highest BCUT2D eigenvalue weighted by Crippen LogP contribution is 2.23. The summed E-state index contributed by atoms with van der Waals surface area (Å²) in [4.78, 5) is 33.4. The normalized spacial score (nSPS) is 17.1. The van der Waals surface area contributed by atoms with Crippen molar-refractivity contribution in [2.75, 3.05) is 19.6 Å². The SMILES string of the molecule is Cc1ncc(C(=O)Cc2cc(F)cc(CN3CCN(C(=O)OC(C)(C)C)[C@@H](C)C3)c2C)cc1Cl. The Morgan fingerprint density at radius 2 is 1.85 bits per heavy atom. The van der Waals surface area contributed by atoms with Crippen molar-refractivity contribution in [2.45, 2.75) is 66.2 Å². The molecule has 1 aliphatic rings. The Kier molecular flexibility index (Phi) is 7.98. The van der Waals surface area contributed by atoms with Crippen molar-refractivity contribution >= 4 is 23.5 Å². The van der Waals surface area contributed by atoms with Gasteiger partial charge in [-0.1, -0.05) is 11.6 Å². The molecule has 1 aromatic carbocycles. The van der Waals surface area contributed by atoms with Crippen molar-refractivity contribution in [1.29, 1.82) is 0 Å². The van der Waals surface area contributed by atoms with Gasteiger partial charge in [0.05, 0.1) is 10.7 Å². The van der Waals surface area contributed by atoms with E-state index in [-0.39, 0.29) is 30.2 Å². The summed E-state index contributed by atoms with van der Waals surface area (Å²) in [5.41, 5.74) is 2.90. The lowest BCUT2D eigenvalue weighted by atomic mass is 9.95. The number of hydrogen-bond donors (Lipinski definition) is 0. The fourth-order valence-electron chi connectivity index (χ4n) is 4.09. The van der Waals surface area contributed by atoms with E-state index in [1.807, 2.05) is 34.6 Å². The van der Waals surface area contributed by atoms with Gasteiger partial charge in [0, 0.05) is 50.4 Å². The van der Waals surface area contributed by atoms with Crippen LogP contribution in [0.5, 0.6) is 0 Å². The molecule has 0 bridgehead atoms. The zero-order chi connectivity index (χ0) is 25.2. The zero-order valence-electron chi connectivity index (χ0n) is 20.7. The molecular weight excluding hydrogens is 457 g/mol. The number of Topliss-reactive ketones (excluding diaryl/α,β-unsaturated/α-hetero) is 1. The number of aryl methyl sites for hydroxylation is 1. The van der Waals surface area contributed by atoms with Gasteiger partial charge in [0.2, 0.25) is 0 Å². The van der Waals surface area contributed by atoms with Crippen molar-refractivity contribution in [3.05, 3.63) is 63.2 Å². The maximum absolute atomic E-state index is 14.5. The van der Waals surface area contributed by atoms with Gasteiger partial charge in [0.25, 0.3) is 0 Å². The number of halogens is 2. The molecule has 1 atom stereocenters. The number of piperazine rings is 1. The minimum Gasteiger partial charge on any atom is -0.444 e. The molecule has 1 fully saturated rings. The van der Waals surface area contributed by atoms with Crippen LogP contribution in [0.1, 0.15) is 60.4 Å². The van der Waals surface area contributed by atoms with Gasteiger partial charge in [0.1, 0.15) is 11.4 Å².